The number of hydrogen-bond donors (Lipinski definition) is 2. The average molecular weight is 288 g/mol. The second kappa shape index (κ2) is 6.57. The summed E-state index contributed by atoms with van der Waals surface area (Å²) in [4.78, 5) is 1.20. The Morgan fingerprint density at radius 3 is 2.60 bits per heavy atom. The Kier molecular flexibility index (Phi) is 4.79. The molecule has 0 aliphatic rings. The Balaban J connectivity index is 2.26. The first-order valence-electron chi connectivity index (χ1n) is 6.55. The lowest BCUT2D eigenvalue weighted by Crippen LogP contribution is -2.06. The molecule has 0 spiro atoms. The first-order chi connectivity index (χ1) is 9.58. The third-order valence-electron chi connectivity index (χ3n) is 2.69. The number of benzene rings is 2. The number of para-hydroxylation sites is 1. The largest absolute Gasteiger partial charge is 0.491 e. The minimum atomic E-state index is 0.128. The number of nitrogens with two attached hydrogens (primary N) is 1. The number of thioether (sulfide) groups is 1. The van der Waals surface area contributed by atoms with Crippen molar-refractivity contribution in [1.82, 2.24) is 0 Å². The van der Waals surface area contributed by atoms with Crippen molar-refractivity contribution in [2.45, 2.75) is 24.8 Å². The molecule has 0 amide bonds. The van der Waals surface area contributed by atoms with E-state index in [0.29, 0.717) is 5.69 Å². The van der Waals surface area contributed by atoms with Crippen LogP contribution < -0.4 is 15.8 Å². The lowest BCUT2D eigenvalue weighted by Gasteiger charge is -2.14. The van der Waals surface area contributed by atoms with Gasteiger partial charge in [0.25, 0.3) is 0 Å². The quantitative estimate of drug-likeness (QED) is 0.627. The van der Waals surface area contributed by atoms with Crippen LogP contribution >= 0.6 is 11.8 Å². The molecule has 0 unspecified atom stereocenters. The van der Waals surface area contributed by atoms with E-state index in [4.69, 9.17) is 10.5 Å². The third-order valence-corrected chi connectivity index (χ3v) is 3.48. The predicted molar refractivity (Wildman–Crippen MR) is 88.1 cm³/mol. The summed E-state index contributed by atoms with van der Waals surface area (Å²) in [5, 5.41) is 3.40. The summed E-state index contributed by atoms with van der Waals surface area (Å²) in [6.45, 7) is 4.00. The SMILES string of the molecule is CSc1ccccc1Nc1cc(N)cc(OC(C)C)c1. The minimum absolute atomic E-state index is 0.128. The summed E-state index contributed by atoms with van der Waals surface area (Å²) in [7, 11) is 0. The smallest absolute Gasteiger partial charge is 0.123 e. The van der Waals surface area contributed by atoms with Gasteiger partial charge in [-0.2, -0.15) is 0 Å². The maximum atomic E-state index is 5.93. The van der Waals surface area contributed by atoms with Gasteiger partial charge in [-0.3, -0.25) is 0 Å². The molecule has 0 saturated heterocycles. The maximum Gasteiger partial charge on any atom is 0.123 e. The zero-order chi connectivity index (χ0) is 14.5. The Bertz CT molecular complexity index is 584. The molecular formula is C16H20N2OS. The zero-order valence-electron chi connectivity index (χ0n) is 12.0. The highest BCUT2D eigenvalue weighted by Crippen LogP contribution is 2.30. The monoisotopic (exact) mass is 288 g/mol. The van der Waals surface area contributed by atoms with Gasteiger partial charge in [-0.25, -0.2) is 0 Å². The van der Waals surface area contributed by atoms with E-state index in [1.165, 1.54) is 4.90 Å². The molecule has 3 nitrogen and oxygen atoms in total. The summed E-state index contributed by atoms with van der Waals surface area (Å²) >= 11 is 1.71. The summed E-state index contributed by atoms with van der Waals surface area (Å²) in [5.41, 5.74) is 8.62. The van der Waals surface area contributed by atoms with Crippen molar-refractivity contribution in [1.29, 1.82) is 0 Å². The van der Waals surface area contributed by atoms with Gasteiger partial charge in [0.15, 0.2) is 0 Å². The number of hydrogen-bond acceptors (Lipinski definition) is 4. The number of rotatable bonds is 5. The first kappa shape index (κ1) is 14.6. The predicted octanol–water partition coefficient (Wildman–Crippen LogP) is 4.52. The van der Waals surface area contributed by atoms with E-state index in [9.17, 15) is 0 Å². The van der Waals surface area contributed by atoms with Gasteiger partial charge in [-0.1, -0.05) is 12.1 Å². The van der Waals surface area contributed by atoms with Gasteiger partial charge in [0.05, 0.1) is 11.8 Å². The van der Waals surface area contributed by atoms with Crippen LogP contribution in [0.15, 0.2) is 47.4 Å². The fourth-order valence-corrected chi connectivity index (χ4v) is 2.49. The van der Waals surface area contributed by atoms with Gasteiger partial charge in [-0.05, 0) is 38.3 Å². The molecule has 0 saturated carbocycles. The summed E-state index contributed by atoms with van der Waals surface area (Å²) in [6.07, 6.45) is 2.19. The van der Waals surface area contributed by atoms with Crippen LogP contribution in [0.3, 0.4) is 0 Å². The standard InChI is InChI=1S/C16H20N2OS/c1-11(2)19-14-9-12(17)8-13(10-14)18-15-6-4-5-7-16(15)20-3/h4-11,18H,17H2,1-3H3. The molecule has 0 bridgehead atoms. The van der Waals surface area contributed by atoms with E-state index < -0.39 is 0 Å². The van der Waals surface area contributed by atoms with Crippen molar-refractivity contribution in [2.75, 3.05) is 17.3 Å². The van der Waals surface area contributed by atoms with E-state index in [-0.39, 0.29) is 6.10 Å². The van der Waals surface area contributed by atoms with Crippen molar-refractivity contribution in [3.8, 4) is 5.75 Å². The van der Waals surface area contributed by atoms with Crippen LogP contribution in [0.4, 0.5) is 17.1 Å². The third kappa shape index (κ3) is 3.84. The van der Waals surface area contributed by atoms with Crippen LogP contribution in [0.5, 0.6) is 5.75 Å². The van der Waals surface area contributed by atoms with Crippen molar-refractivity contribution >= 4 is 28.8 Å². The van der Waals surface area contributed by atoms with E-state index in [0.717, 1.165) is 17.1 Å². The molecule has 2 aromatic carbocycles. The Labute approximate surface area is 124 Å². The molecule has 0 radical (unpaired) electrons. The summed E-state index contributed by atoms with van der Waals surface area (Å²) in [6, 6.07) is 13.9. The fourth-order valence-electron chi connectivity index (χ4n) is 1.94. The second-order valence-corrected chi connectivity index (χ2v) is 5.63. The van der Waals surface area contributed by atoms with Gasteiger partial charge < -0.3 is 15.8 Å². The Hall–Kier alpha value is -1.81. The topological polar surface area (TPSA) is 47.3 Å². The molecule has 0 fully saturated rings. The highest BCUT2D eigenvalue weighted by atomic mass is 32.2. The molecule has 0 aromatic heterocycles. The fraction of sp³-hybridized carbons (Fsp3) is 0.250. The Morgan fingerprint density at radius 1 is 1.15 bits per heavy atom. The van der Waals surface area contributed by atoms with Gasteiger partial charge in [0.2, 0.25) is 0 Å². The number of ether oxygens (including phenoxy) is 1. The lowest BCUT2D eigenvalue weighted by molar-refractivity contribution is 0.242. The molecular weight excluding hydrogens is 268 g/mol. The summed E-state index contributed by atoms with van der Waals surface area (Å²) < 4.78 is 5.70. The maximum absolute atomic E-state index is 5.93. The molecule has 106 valence electrons. The van der Waals surface area contributed by atoms with Crippen LogP contribution in [-0.2, 0) is 0 Å². The summed E-state index contributed by atoms with van der Waals surface area (Å²) in [5.74, 6) is 0.782. The second-order valence-electron chi connectivity index (χ2n) is 4.78. The highest BCUT2D eigenvalue weighted by molar-refractivity contribution is 7.98. The average Bonchev–Trinajstić information content (AvgIpc) is 2.37. The molecule has 3 N–H and O–H groups in total. The van der Waals surface area contributed by atoms with Crippen LogP contribution in [0.1, 0.15) is 13.8 Å². The van der Waals surface area contributed by atoms with Gasteiger partial charge in [-0.15, -0.1) is 11.8 Å². The lowest BCUT2D eigenvalue weighted by atomic mass is 10.2. The highest BCUT2D eigenvalue weighted by Gasteiger charge is 2.05. The molecule has 20 heavy (non-hydrogen) atoms. The van der Waals surface area contributed by atoms with Gasteiger partial charge in [0, 0.05) is 28.4 Å². The molecule has 4 heteroatoms. The molecule has 0 aliphatic heterocycles. The molecule has 0 aliphatic carbocycles. The van der Waals surface area contributed by atoms with E-state index in [1.807, 2.05) is 44.2 Å². The molecule has 2 rings (SSSR count). The van der Waals surface area contributed by atoms with Crippen molar-refractivity contribution in [3.63, 3.8) is 0 Å². The zero-order valence-corrected chi connectivity index (χ0v) is 12.8. The molecule has 2 aromatic rings. The van der Waals surface area contributed by atoms with Crippen molar-refractivity contribution in [3.05, 3.63) is 42.5 Å². The van der Waals surface area contributed by atoms with E-state index in [1.54, 1.807) is 11.8 Å². The number of anilines is 3. The Morgan fingerprint density at radius 2 is 1.90 bits per heavy atom. The van der Waals surface area contributed by atoms with E-state index >= 15 is 0 Å². The van der Waals surface area contributed by atoms with Crippen LogP contribution in [-0.4, -0.2) is 12.4 Å². The van der Waals surface area contributed by atoms with Crippen molar-refractivity contribution < 1.29 is 4.74 Å². The molecule has 0 atom stereocenters. The number of nitrogen functional groups attached to an aromatic ring is 1. The first-order valence-corrected chi connectivity index (χ1v) is 7.78. The van der Waals surface area contributed by atoms with Crippen LogP contribution in [0.25, 0.3) is 0 Å². The normalized spacial score (nSPS) is 10.6. The molecule has 0 heterocycles. The number of nitrogens with one attached hydrogen (secondary N) is 1. The van der Waals surface area contributed by atoms with Gasteiger partial charge >= 0.3 is 0 Å². The van der Waals surface area contributed by atoms with E-state index in [2.05, 4.69) is 23.7 Å². The van der Waals surface area contributed by atoms with Gasteiger partial charge in [0.1, 0.15) is 5.75 Å². The van der Waals surface area contributed by atoms with Crippen LogP contribution in [0, 0.1) is 0 Å². The van der Waals surface area contributed by atoms with Crippen molar-refractivity contribution in [2.24, 2.45) is 0 Å². The minimum Gasteiger partial charge on any atom is -0.491 e. The van der Waals surface area contributed by atoms with Crippen LogP contribution in [0.2, 0.25) is 0 Å².